The SMILES string of the molecule is CCCCC[CH2][Al]([CH2]CCCCC)[O]C(CCC)Oc1ccccc1. The van der Waals surface area contributed by atoms with Crippen LogP contribution in [-0.4, -0.2) is 20.8 Å². The molecule has 1 aromatic rings. The van der Waals surface area contributed by atoms with Gasteiger partial charge in [0.05, 0.1) is 0 Å². The number of rotatable bonds is 16. The minimum absolute atomic E-state index is 0.0542. The third-order valence-electron chi connectivity index (χ3n) is 4.64. The van der Waals surface area contributed by atoms with Gasteiger partial charge < -0.3 is 8.53 Å². The van der Waals surface area contributed by atoms with E-state index in [1.54, 1.807) is 0 Å². The van der Waals surface area contributed by atoms with E-state index < -0.39 is 14.5 Å². The van der Waals surface area contributed by atoms with Crippen molar-refractivity contribution in [2.45, 2.75) is 102 Å². The monoisotopic (exact) mass is 362 g/mol. The van der Waals surface area contributed by atoms with Gasteiger partial charge in [-0.25, -0.2) is 0 Å². The molecule has 1 unspecified atom stereocenters. The summed E-state index contributed by atoms with van der Waals surface area (Å²) < 4.78 is 12.7. The summed E-state index contributed by atoms with van der Waals surface area (Å²) in [5, 5.41) is 2.62. The van der Waals surface area contributed by atoms with Crippen LogP contribution < -0.4 is 4.74 Å². The lowest BCUT2D eigenvalue weighted by atomic mass is 10.2. The molecule has 1 aromatic carbocycles. The Morgan fingerprint density at radius 2 is 1.36 bits per heavy atom. The van der Waals surface area contributed by atoms with Crippen LogP contribution in [0.3, 0.4) is 0 Å². The quantitative estimate of drug-likeness (QED) is 0.174. The highest BCUT2D eigenvalue weighted by Gasteiger charge is 2.24. The molecule has 0 amide bonds. The average Bonchev–Trinajstić information content (AvgIpc) is 2.63. The maximum atomic E-state index is 6.57. The van der Waals surface area contributed by atoms with Crippen LogP contribution in [0.1, 0.15) is 85.0 Å². The van der Waals surface area contributed by atoms with Gasteiger partial charge in [-0.1, -0.05) is 107 Å². The largest absolute Gasteiger partial charge is 0.469 e. The number of unbranched alkanes of at least 4 members (excludes halogenated alkanes) is 6. The molecule has 0 aromatic heterocycles. The topological polar surface area (TPSA) is 18.5 Å². The molecular weight excluding hydrogens is 323 g/mol. The average molecular weight is 363 g/mol. The molecule has 0 radical (unpaired) electrons. The Morgan fingerprint density at radius 1 is 0.760 bits per heavy atom. The minimum atomic E-state index is -1.17. The van der Waals surface area contributed by atoms with Crippen LogP contribution in [0, 0.1) is 0 Å². The molecule has 2 nitrogen and oxygen atoms in total. The first-order valence-electron chi connectivity index (χ1n) is 10.7. The van der Waals surface area contributed by atoms with Gasteiger partial charge in [-0.15, -0.1) is 0 Å². The molecule has 3 heteroatoms. The van der Waals surface area contributed by atoms with Gasteiger partial charge in [0.2, 0.25) is 0 Å². The molecule has 0 saturated carbocycles. The van der Waals surface area contributed by atoms with E-state index in [4.69, 9.17) is 8.53 Å². The standard InChI is InChI=1S/C10H13O2.2C6H13.Al/c1-2-6-10(11)12-9-7-4-3-5-8-9;2*1-3-5-6-4-2;/h3-5,7-8,10H,2,6H2,1H3;2*1,3-6H2,2H3;/q-1;;;+1. The van der Waals surface area contributed by atoms with Crippen molar-refractivity contribution in [2.24, 2.45) is 0 Å². The Balaban J connectivity index is 2.52. The summed E-state index contributed by atoms with van der Waals surface area (Å²) in [6.07, 6.45) is 12.7. The van der Waals surface area contributed by atoms with Gasteiger partial charge in [0.25, 0.3) is 0 Å². The lowest BCUT2D eigenvalue weighted by molar-refractivity contribution is -0.00468. The van der Waals surface area contributed by atoms with Crippen LogP contribution in [0.25, 0.3) is 0 Å². The van der Waals surface area contributed by atoms with E-state index in [1.807, 2.05) is 30.3 Å². The van der Waals surface area contributed by atoms with Crippen molar-refractivity contribution in [1.82, 2.24) is 0 Å². The number of hydrogen-bond donors (Lipinski definition) is 0. The molecule has 1 atom stereocenters. The maximum Gasteiger partial charge on any atom is 0.463 e. The summed E-state index contributed by atoms with van der Waals surface area (Å²) >= 11 is -1.17. The first-order valence-corrected chi connectivity index (χ1v) is 12.8. The van der Waals surface area contributed by atoms with Gasteiger partial charge in [0, 0.05) is 6.42 Å². The number of hydrogen-bond acceptors (Lipinski definition) is 2. The fraction of sp³-hybridized carbons (Fsp3) is 0.727. The van der Waals surface area contributed by atoms with Gasteiger partial charge in [0.15, 0.2) is 6.29 Å². The van der Waals surface area contributed by atoms with E-state index in [-0.39, 0.29) is 6.29 Å². The highest BCUT2D eigenvalue weighted by atomic mass is 27.2. The van der Waals surface area contributed by atoms with Crippen molar-refractivity contribution in [1.29, 1.82) is 0 Å². The minimum Gasteiger partial charge on any atom is -0.469 e. The van der Waals surface area contributed by atoms with Gasteiger partial charge >= 0.3 is 14.5 Å². The molecule has 25 heavy (non-hydrogen) atoms. The first kappa shape index (κ1) is 22.6. The summed E-state index contributed by atoms with van der Waals surface area (Å²) in [5.41, 5.74) is 0. The number of benzene rings is 1. The zero-order chi connectivity index (χ0) is 18.2. The summed E-state index contributed by atoms with van der Waals surface area (Å²) in [5.74, 6) is 0.936. The molecule has 0 saturated heterocycles. The Kier molecular flexibility index (Phi) is 14.2. The van der Waals surface area contributed by atoms with Crippen molar-refractivity contribution in [3.63, 3.8) is 0 Å². The molecule has 0 fully saturated rings. The zero-order valence-corrected chi connectivity index (χ0v) is 18.0. The highest BCUT2D eigenvalue weighted by Crippen LogP contribution is 2.20. The van der Waals surface area contributed by atoms with Crippen LogP contribution >= 0.6 is 0 Å². The lowest BCUT2D eigenvalue weighted by Gasteiger charge is -2.24. The number of ether oxygens (including phenoxy) is 1. The Morgan fingerprint density at radius 3 is 1.88 bits per heavy atom. The molecular formula is C22H39AlO2. The third-order valence-corrected chi connectivity index (χ3v) is 7.43. The lowest BCUT2D eigenvalue weighted by Crippen LogP contribution is -2.30. The van der Waals surface area contributed by atoms with E-state index >= 15 is 0 Å². The number of para-hydroxylation sites is 1. The zero-order valence-electron chi connectivity index (χ0n) is 16.8. The molecule has 0 heterocycles. The van der Waals surface area contributed by atoms with Gasteiger partial charge in [-0.05, 0) is 12.1 Å². The molecule has 142 valence electrons. The van der Waals surface area contributed by atoms with Crippen LogP contribution in [0.4, 0.5) is 0 Å². The van der Waals surface area contributed by atoms with E-state index in [2.05, 4.69) is 20.8 Å². The van der Waals surface area contributed by atoms with E-state index in [9.17, 15) is 0 Å². The fourth-order valence-electron chi connectivity index (χ4n) is 3.13. The van der Waals surface area contributed by atoms with Crippen LogP contribution in [0.2, 0.25) is 10.6 Å². The molecule has 0 aliphatic heterocycles. The first-order chi connectivity index (χ1) is 12.3. The third kappa shape index (κ3) is 11.7. The van der Waals surface area contributed by atoms with Crippen molar-refractivity contribution >= 4 is 14.5 Å². The summed E-state index contributed by atoms with van der Waals surface area (Å²) in [6, 6.07) is 10.2. The molecule has 0 aliphatic carbocycles. The van der Waals surface area contributed by atoms with Crippen LogP contribution in [0.5, 0.6) is 5.75 Å². The second-order valence-corrected chi connectivity index (χ2v) is 9.78. The molecule has 0 N–H and O–H groups in total. The summed E-state index contributed by atoms with van der Waals surface area (Å²) in [4.78, 5) is 0. The predicted molar refractivity (Wildman–Crippen MR) is 111 cm³/mol. The second-order valence-electron chi connectivity index (χ2n) is 7.11. The highest BCUT2D eigenvalue weighted by molar-refractivity contribution is 6.51. The Hall–Kier alpha value is -0.488. The summed E-state index contributed by atoms with van der Waals surface area (Å²) in [6.45, 7) is 6.77. The second kappa shape index (κ2) is 15.7. The Bertz CT molecular complexity index is 384. The van der Waals surface area contributed by atoms with Crippen LogP contribution in [0.15, 0.2) is 30.3 Å². The van der Waals surface area contributed by atoms with Crippen molar-refractivity contribution < 1.29 is 8.53 Å². The van der Waals surface area contributed by atoms with Gasteiger partial charge in [-0.2, -0.15) is 0 Å². The molecule has 1 rings (SSSR count). The molecule has 0 aliphatic rings. The van der Waals surface area contributed by atoms with Crippen molar-refractivity contribution in [3.8, 4) is 5.75 Å². The van der Waals surface area contributed by atoms with Gasteiger partial charge in [-0.3, -0.25) is 0 Å². The predicted octanol–water partition coefficient (Wildman–Crippen LogP) is 7.36. The van der Waals surface area contributed by atoms with E-state index in [0.717, 1.165) is 18.6 Å². The maximum absolute atomic E-state index is 6.57. The Labute approximate surface area is 161 Å². The fourth-order valence-corrected chi connectivity index (χ4v) is 5.80. The smallest absolute Gasteiger partial charge is 0.463 e. The molecule has 0 spiro atoms. The van der Waals surface area contributed by atoms with Crippen molar-refractivity contribution in [2.75, 3.05) is 0 Å². The van der Waals surface area contributed by atoms with Gasteiger partial charge in [0.1, 0.15) is 5.75 Å². The molecule has 0 bridgehead atoms. The van der Waals surface area contributed by atoms with E-state index in [1.165, 1.54) is 61.9 Å². The summed E-state index contributed by atoms with van der Waals surface area (Å²) in [7, 11) is 0. The van der Waals surface area contributed by atoms with E-state index in [0.29, 0.717) is 0 Å². The normalized spacial score (nSPS) is 12.1. The van der Waals surface area contributed by atoms with Crippen LogP contribution in [-0.2, 0) is 3.79 Å². The van der Waals surface area contributed by atoms with Crippen molar-refractivity contribution in [3.05, 3.63) is 30.3 Å².